The van der Waals surface area contributed by atoms with Gasteiger partial charge in [0.15, 0.2) is 5.69 Å². The van der Waals surface area contributed by atoms with Crippen molar-refractivity contribution >= 4 is 28.4 Å². The third-order valence-electron chi connectivity index (χ3n) is 6.97. The minimum Gasteiger partial charge on any atom is -0.325 e. The van der Waals surface area contributed by atoms with Gasteiger partial charge in [-0.15, -0.1) is 0 Å². The van der Waals surface area contributed by atoms with Crippen LogP contribution in [0, 0.1) is 0 Å². The number of benzene rings is 2. The van der Waals surface area contributed by atoms with Crippen molar-refractivity contribution in [3.05, 3.63) is 70.5 Å². The van der Waals surface area contributed by atoms with E-state index in [0.717, 1.165) is 53.5 Å². The van der Waals surface area contributed by atoms with Crippen molar-refractivity contribution in [3.8, 4) is 11.3 Å². The van der Waals surface area contributed by atoms with Gasteiger partial charge in [0, 0.05) is 41.7 Å². The van der Waals surface area contributed by atoms with E-state index in [4.69, 9.17) is 16.7 Å². The maximum Gasteiger partial charge on any atom is 0.275 e. The van der Waals surface area contributed by atoms with Gasteiger partial charge < -0.3 is 4.90 Å². The number of aryl methyl sites for hydroxylation is 2. The number of aromatic nitrogens is 4. The number of amides is 1. The first-order valence-electron chi connectivity index (χ1n) is 11.1. The number of halogens is 1. The fourth-order valence-electron chi connectivity index (χ4n) is 5.64. The second-order valence-electron chi connectivity index (χ2n) is 8.85. The summed E-state index contributed by atoms with van der Waals surface area (Å²) in [5.74, 6) is 0.0112. The van der Waals surface area contributed by atoms with Crippen LogP contribution >= 0.6 is 11.6 Å². The maximum atomic E-state index is 13.9. The molecule has 4 aromatic rings. The number of rotatable bonds is 2. The predicted octanol–water partition coefficient (Wildman–Crippen LogP) is 4.92. The number of carbonyl (C=O) groups is 1. The summed E-state index contributed by atoms with van der Waals surface area (Å²) in [5.41, 5.74) is 5.96. The normalized spacial score (nSPS) is 19.9. The molecule has 7 heteroatoms. The van der Waals surface area contributed by atoms with Crippen molar-refractivity contribution < 1.29 is 4.79 Å². The van der Waals surface area contributed by atoms with Crippen LogP contribution in [0.3, 0.4) is 0 Å². The van der Waals surface area contributed by atoms with Gasteiger partial charge in [0.25, 0.3) is 5.91 Å². The molecule has 2 aliphatic heterocycles. The number of carbonyl (C=O) groups excluding carboxylic acids is 1. The Kier molecular flexibility index (Phi) is 4.40. The molecule has 0 N–H and O–H groups in total. The summed E-state index contributed by atoms with van der Waals surface area (Å²) in [4.78, 5) is 15.9. The molecule has 0 unspecified atom stereocenters. The van der Waals surface area contributed by atoms with E-state index >= 15 is 0 Å². The van der Waals surface area contributed by atoms with Crippen LogP contribution in [0.5, 0.6) is 0 Å². The van der Waals surface area contributed by atoms with E-state index in [1.165, 1.54) is 5.56 Å². The second-order valence-corrected chi connectivity index (χ2v) is 9.29. The fraction of sp³-hybridized carbons (Fsp3) is 0.320. The van der Waals surface area contributed by atoms with E-state index in [-0.39, 0.29) is 18.0 Å². The molecule has 6 nitrogen and oxygen atoms in total. The third kappa shape index (κ3) is 2.82. The molecule has 1 fully saturated rings. The number of para-hydroxylation sites is 1. The Labute approximate surface area is 191 Å². The molecule has 0 radical (unpaired) electrons. The average molecular weight is 446 g/mol. The molecule has 32 heavy (non-hydrogen) atoms. The summed E-state index contributed by atoms with van der Waals surface area (Å²) in [6, 6.07) is 16.0. The summed E-state index contributed by atoms with van der Waals surface area (Å²) in [6.07, 6.45) is 3.82. The molecular weight excluding hydrogens is 422 g/mol. The van der Waals surface area contributed by atoms with Crippen LogP contribution < -0.4 is 0 Å². The van der Waals surface area contributed by atoms with Crippen molar-refractivity contribution in [3.63, 3.8) is 0 Å². The summed E-state index contributed by atoms with van der Waals surface area (Å²) in [5, 5.41) is 11.2. The van der Waals surface area contributed by atoms with Crippen molar-refractivity contribution in [2.45, 2.75) is 37.8 Å². The van der Waals surface area contributed by atoms with E-state index in [0.29, 0.717) is 10.7 Å². The van der Waals surface area contributed by atoms with Crippen LogP contribution in [0.1, 0.15) is 47.1 Å². The van der Waals surface area contributed by atoms with E-state index in [9.17, 15) is 4.79 Å². The van der Waals surface area contributed by atoms with E-state index in [1.54, 1.807) is 4.68 Å². The molecule has 1 amide bonds. The monoisotopic (exact) mass is 445 g/mol. The molecule has 162 valence electrons. The van der Waals surface area contributed by atoms with Crippen LogP contribution in [0.2, 0.25) is 5.02 Å². The van der Waals surface area contributed by atoms with Crippen molar-refractivity contribution in [2.75, 3.05) is 0 Å². The predicted molar refractivity (Wildman–Crippen MR) is 125 cm³/mol. The van der Waals surface area contributed by atoms with Gasteiger partial charge in [-0.2, -0.15) is 10.2 Å². The van der Waals surface area contributed by atoms with E-state index in [1.807, 2.05) is 61.2 Å². The van der Waals surface area contributed by atoms with Gasteiger partial charge in [0.1, 0.15) is 0 Å². The lowest BCUT2D eigenvalue weighted by Crippen LogP contribution is -2.50. The number of piperidine rings is 1. The number of hydrogen-bond acceptors (Lipinski definition) is 3. The van der Waals surface area contributed by atoms with Crippen molar-refractivity contribution in [1.29, 1.82) is 0 Å². The molecule has 6 rings (SSSR count). The molecule has 2 aliphatic rings. The van der Waals surface area contributed by atoms with Gasteiger partial charge in [-0.3, -0.25) is 14.2 Å². The van der Waals surface area contributed by atoms with Crippen LogP contribution in [0.25, 0.3) is 22.2 Å². The highest BCUT2D eigenvalue weighted by atomic mass is 35.5. The molecule has 0 aliphatic carbocycles. The van der Waals surface area contributed by atoms with Crippen molar-refractivity contribution in [1.82, 2.24) is 24.5 Å². The minimum absolute atomic E-state index is 0.0112. The first-order valence-corrected chi connectivity index (χ1v) is 11.5. The molecule has 0 spiro atoms. The van der Waals surface area contributed by atoms with Gasteiger partial charge in [-0.25, -0.2) is 0 Å². The SMILES string of the molecule is Cn1nc2c(c1-c1cccc(Cl)c1)C[C@H]1CCC[C@@H]2N1C(=O)c1nn(C)c2ccccc12. The third-order valence-corrected chi connectivity index (χ3v) is 7.20. The zero-order chi connectivity index (χ0) is 22.0. The molecule has 0 saturated carbocycles. The molecule has 2 aromatic carbocycles. The molecule has 2 bridgehead atoms. The first-order chi connectivity index (χ1) is 15.5. The lowest BCUT2D eigenvalue weighted by Gasteiger charge is -2.45. The zero-order valence-electron chi connectivity index (χ0n) is 18.1. The van der Waals surface area contributed by atoms with Crippen molar-refractivity contribution in [2.24, 2.45) is 14.1 Å². The molecule has 1 saturated heterocycles. The summed E-state index contributed by atoms with van der Waals surface area (Å²) in [7, 11) is 3.88. The Morgan fingerprint density at radius 3 is 2.72 bits per heavy atom. The van der Waals surface area contributed by atoms with Crippen LogP contribution in [-0.2, 0) is 20.5 Å². The lowest BCUT2D eigenvalue weighted by molar-refractivity contribution is 0.0387. The number of hydrogen-bond donors (Lipinski definition) is 0. The number of fused-ring (bicyclic) bond motifs is 5. The summed E-state index contributed by atoms with van der Waals surface area (Å²) < 4.78 is 3.75. The van der Waals surface area contributed by atoms with E-state index < -0.39 is 0 Å². The zero-order valence-corrected chi connectivity index (χ0v) is 18.9. The molecule has 4 heterocycles. The highest BCUT2D eigenvalue weighted by Crippen LogP contribution is 2.45. The summed E-state index contributed by atoms with van der Waals surface area (Å²) >= 11 is 6.28. The topological polar surface area (TPSA) is 56.0 Å². The van der Waals surface area contributed by atoms with Crippen LogP contribution in [0.4, 0.5) is 0 Å². The van der Waals surface area contributed by atoms with Gasteiger partial charge in [0.2, 0.25) is 0 Å². The first kappa shape index (κ1) is 19.6. The summed E-state index contributed by atoms with van der Waals surface area (Å²) in [6.45, 7) is 0. The largest absolute Gasteiger partial charge is 0.325 e. The Morgan fingerprint density at radius 1 is 1.03 bits per heavy atom. The Morgan fingerprint density at radius 2 is 1.88 bits per heavy atom. The van der Waals surface area contributed by atoms with Gasteiger partial charge in [-0.1, -0.05) is 41.9 Å². The minimum atomic E-state index is -0.0232. The Balaban J connectivity index is 1.46. The van der Waals surface area contributed by atoms with Gasteiger partial charge in [0.05, 0.1) is 22.9 Å². The standard InChI is InChI=1S/C25H24ClN5O/c1-29-20-11-4-3-10-18(20)23(28-29)25(32)31-17-9-6-12-21(31)22-19(14-17)24(30(2)27-22)15-7-5-8-16(26)13-15/h3-5,7-8,10-11,13,17,21H,6,9,12,14H2,1-2H3/t17-,21+/m1/s1. The second kappa shape index (κ2) is 7.20. The molecule has 2 atom stereocenters. The van der Waals surface area contributed by atoms with Gasteiger partial charge in [-0.05, 0) is 43.9 Å². The quantitative estimate of drug-likeness (QED) is 0.440. The molecular formula is C25H24ClN5O. The highest BCUT2D eigenvalue weighted by molar-refractivity contribution is 6.30. The molecule has 2 aromatic heterocycles. The Hall–Kier alpha value is -3.12. The fourth-order valence-corrected chi connectivity index (χ4v) is 5.83. The van der Waals surface area contributed by atoms with Crippen LogP contribution in [-0.4, -0.2) is 36.4 Å². The smallest absolute Gasteiger partial charge is 0.275 e. The number of nitrogens with zero attached hydrogens (tertiary/aromatic N) is 5. The van der Waals surface area contributed by atoms with Gasteiger partial charge >= 0.3 is 0 Å². The Bertz CT molecular complexity index is 1370. The van der Waals surface area contributed by atoms with Crippen LogP contribution in [0.15, 0.2) is 48.5 Å². The lowest BCUT2D eigenvalue weighted by atomic mass is 9.81. The maximum absolute atomic E-state index is 13.9. The van der Waals surface area contributed by atoms with E-state index in [2.05, 4.69) is 16.1 Å². The highest BCUT2D eigenvalue weighted by Gasteiger charge is 2.44. The average Bonchev–Trinajstić information content (AvgIpc) is 3.30.